The Morgan fingerprint density at radius 1 is 0.708 bits per heavy atom. The van der Waals surface area contributed by atoms with Gasteiger partial charge in [-0.05, 0) is 32.9 Å². The monoisotopic (exact) mass is 341 g/mol. The lowest BCUT2D eigenvalue weighted by Crippen LogP contribution is -2.08. The third-order valence-corrected chi connectivity index (χ3v) is 4.57. The summed E-state index contributed by atoms with van der Waals surface area (Å²) in [6, 6.07) is 0. The number of esters is 1. The summed E-state index contributed by atoms with van der Waals surface area (Å²) in [4.78, 5) is 11.5. The summed E-state index contributed by atoms with van der Waals surface area (Å²) in [6.45, 7) is 3.92. The van der Waals surface area contributed by atoms with Crippen molar-refractivity contribution in [2.24, 2.45) is 0 Å². The summed E-state index contributed by atoms with van der Waals surface area (Å²) in [7, 11) is 1.96. The highest BCUT2D eigenvalue weighted by Crippen LogP contribution is 2.12. The van der Waals surface area contributed by atoms with E-state index in [-0.39, 0.29) is 5.97 Å². The first-order valence-electron chi connectivity index (χ1n) is 10.6. The molecule has 144 valence electrons. The molecular weight excluding hydrogens is 298 g/mol. The fraction of sp³-hybridized carbons (Fsp3) is 0.952. The van der Waals surface area contributed by atoms with Gasteiger partial charge in [0, 0.05) is 6.42 Å². The molecule has 0 aromatic rings. The lowest BCUT2D eigenvalue weighted by molar-refractivity contribution is -0.143. The zero-order valence-electron chi connectivity index (χ0n) is 16.5. The standard InChI is InChI=1S/C21H43NO2/c1-3-4-5-6-7-8-9-10-11-12-13-17-20-24-21(23)18-15-14-16-19-22-2/h22H,3-20H2,1-2H3. The summed E-state index contributed by atoms with van der Waals surface area (Å²) >= 11 is 0. The zero-order valence-corrected chi connectivity index (χ0v) is 16.5. The van der Waals surface area contributed by atoms with Crippen LogP contribution < -0.4 is 5.32 Å². The molecule has 0 aliphatic rings. The van der Waals surface area contributed by atoms with E-state index in [9.17, 15) is 4.79 Å². The fourth-order valence-corrected chi connectivity index (χ4v) is 2.95. The number of ether oxygens (including phenoxy) is 1. The van der Waals surface area contributed by atoms with Gasteiger partial charge in [0.2, 0.25) is 0 Å². The SMILES string of the molecule is CCCCCCCCCCCCCCOC(=O)CCCCCNC. The Kier molecular flexibility index (Phi) is 20.0. The second-order valence-electron chi connectivity index (χ2n) is 7.02. The van der Waals surface area contributed by atoms with Crippen molar-refractivity contribution < 1.29 is 9.53 Å². The van der Waals surface area contributed by atoms with E-state index in [0.717, 1.165) is 32.2 Å². The quantitative estimate of drug-likeness (QED) is 0.231. The van der Waals surface area contributed by atoms with Crippen molar-refractivity contribution in [3.8, 4) is 0 Å². The van der Waals surface area contributed by atoms with Crippen molar-refractivity contribution in [3.63, 3.8) is 0 Å². The van der Waals surface area contributed by atoms with Gasteiger partial charge in [-0.3, -0.25) is 4.79 Å². The topological polar surface area (TPSA) is 38.3 Å². The molecule has 0 fully saturated rings. The Morgan fingerprint density at radius 2 is 1.21 bits per heavy atom. The van der Waals surface area contributed by atoms with Crippen molar-refractivity contribution >= 4 is 5.97 Å². The molecule has 0 radical (unpaired) electrons. The number of carbonyl (C=O) groups is 1. The Hall–Kier alpha value is -0.570. The van der Waals surface area contributed by atoms with Crippen molar-refractivity contribution in [2.45, 2.75) is 110 Å². The maximum absolute atomic E-state index is 11.5. The number of unbranched alkanes of at least 4 members (excludes halogenated alkanes) is 13. The average molecular weight is 342 g/mol. The highest BCUT2D eigenvalue weighted by molar-refractivity contribution is 5.69. The van der Waals surface area contributed by atoms with Gasteiger partial charge in [-0.25, -0.2) is 0 Å². The average Bonchev–Trinajstić information content (AvgIpc) is 2.59. The van der Waals surface area contributed by atoms with Gasteiger partial charge >= 0.3 is 5.97 Å². The number of rotatable bonds is 19. The molecule has 3 nitrogen and oxygen atoms in total. The molecule has 0 aliphatic carbocycles. The molecule has 0 aliphatic heterocycles. The number of hydrogen-bond acceptors (Lipinski definition) is 3. The minimum atomic E-state index is -0.0115. The van der Waals surface area contributed by atoms with Crippen LogP contribution in [0.5, 0.6) is 0 Å². The first kappa shape index (κ1) is 23.4. The maximum Gasteiger partial charge on any atom is 0.305 e. The Balaban J connectivity index is 3.10. The molecule has 0 saturated heterocycles. The molecule has 0 heterocycles. The van der Waals surface area contributed by atoms with Crippen molar-refractivity contribution in [3.05, 3.63) is 0 Å². The lowest BCUT2D eigenvalue weighted by atomic mass is 10.1. The Bertz CT molecular complexity index is 256. The lowest BCUT2D eigenvalue weighted by Gasteiger charge is -2.05. The van der Waals surface area contributed by atoms with Gasteiger partial charge in [-0.15, -0.1) is 0 Å². The van der Waals surface area contributed by atoms with E-state index in [1.165, 1.54) is 70.6 Å². The number of carbonyl (C=O) groups excluding carboxylic acids is 1. The zero-order chi connectivity index (χ0) is 17.7. The van der Waals surface area contributed by atoms with E-state index in [4.69, 9.17) is 4.74 Å². The summed E-state index contributed by atoms with van der Waals surface area (Å²) < 4.78 is 5.29. The van der Waals surface area contributed by atoms with Crippen LogP contribution in [0.25, 0.3) is 0 Å². The highest BCUT2D eigenvalue weighted by atomic mass is 16.5. The minimum absolute atomic E-state index is 0.0115. The molecule has 0 spiro atoms. The van der Waals surface area contributed by atoms with Crippen LogP contribution in [-0.2, 0) is 9.53 Å². The normalized spacial score (nSPS) is 10.9. The van der Waals surface area contributed by atoms with Crippen molar-refractivity contribution in [2.75, 3.05) is 20.2 Å². The van der Waals surface area contributed by atoms with Crippen LogP contribution in [0.15, 0.2) is 0 Å². The second-order valence-corrected chi connectivity index (χ2v) is 7.02. The van der Waals surface area contributed by atoms with Gasteiger partial charge in [0.25, 0.3) is 0 Å². The van der Waals surface area contributed by atoms with Gasteiger partial charge in [0.1, 0.15) is 0 Å². The van der Waals surface area contributed by atoms with Crippen LogP contribution in [-0.4, -0.2) is 26.2 Å². The van der Waals surface area contributed by atoms with Crippen LogP contribution in [0.3, 0.4) is 0 Å². The molecule has 1 N–H and O–H groups in total. The predicted molar refractivity (Wildman–Crippen MR) is 104 cm³/mol. The third kappa shape index (κ3) is 19.5. The second kappa shape index (κ2) is 20.5. The van der Waals surface area contributed by atoms with Crippen LogP contribution in [0.4, 0.5) is 0 Å². The molecule has 0 unspecified atom stereocenters. The van der Waals surface area contributed by atoms with E-state index in [0.29, 0.717) is 13.0 Å². The minimum Gasteiger partial charge on any atom is -0.466 e. The van der Waals surface area contributed by atoms with Crippen LogP contribution >= 0.6 is 0 Å². The summed E-state index contributed by atoms with van der Waals surface area (Å²) in [6.07, 6.45) is 19.8. The fourth-order valence-electron chi connectivity index (χ4n) is 2.95. The van der Waals surface area contributed by atoms with E-state index in [2.05, 4.69) is 12.2 Å². The Morgan fingerprint density at radius 3 is 1.75 bits per heavy atom. The summed E-state index contributed by atoms with van der Waals surface area (Å²) in [5.41, 5.74) is 0. The molecule has 24 heavy (non-hydrogen) atoms. The van der Waals surface area contributed by atoms with Gasteiger partial charge in [0.05, 0.1) is 6.61 Å². The first-order chi connectivity index (χ1) is 11.8. The van der Waals surface area contributed by atoms with E-state index >= 15 is 0 Å². The molecule has 0 aromatic carbocycles. The van der Waals surface area contributed by atoms with Crippen LogP contribution in [0.1, 0.15) is 110 Å². The maximum atomic E-state index is 11.5. The molecule has 0 rings (SSSR count). The van der Waals surface area contributed by atoms with Gasteiger partial charge in [-0.1, -0.05) is 84.0 Å². The van der Waals surface area contributed by atoms with Crippen LogP contribution in [0.2, 0.25) is 0 Å². The van der Waals surface area contributed by atoms with Crippen LogP contribution in [0, 0.1) is 0 Å². The van der Waals surface area contributed by atoms with E-state index in [1.54, 1.807) is 0 Å². The van der Waals surface area contributed by atoms with E-state index < -0.39 is 0 Å². The van der Waals surface area contributed by atoms with Gasteiger partial charge < -0.3 is 10.1 Å². The van der Waals surface area contributed by atoms with Gasteiger partial charge in [0.15, 0.2) is 0 Å². The molecule has 0 saturated carbocycles. The predicted octanol–water partition coefficient (Wildman–Crippen LogP) is 6.01. The van der Waals surface area contributed by atoms with Crippen molar-refractivity contribution in [1.82, 2.24) is 5.32 Å². The smallest absolute Gasteiger partial charge is 0.305 e. The summed E-state index contributed by atoms with van der Waals surface area (Å²) in [5.74, 6) is -0.0115. The highest BCUT2D eigenvalue weighted by Gasteiger charge is 2.02. The molecule has 0 aromatic heterocycles. The third-order valence-electron chi connectivity index (χ3n) is 4.57. The first-order valence-corrected chi connectivity index (χ1v) is 10.6. The largest absolute Gasteiger partial charge is 0.466 e. The molecular formula is C21H43NO2. The Labute approximate surface area is 151 Å². The van der Waals surface area contributed by atoms with Crippen molar-refractivity contribution in [1.29, 1.82) is 0 Å². The number of hydrogen-bond donors (Lipinski definition) is 1. The van der Waals surface area contributed by atoms with E-state index in [1.807, 2.05) is 7.05 Å². The van der Waals surface area contributed by atoms with Gasteiger partial charge in [-0.2, -0.15) is 0 Å². The molecule has 0 bridgehead atoms. The molecule has 0 atom stereocenters. The molecule has 0 amide bonds. The molecule has 3 heteroatoms. The summed E-state index contributed by atoms with van der Waals surface area (Å²) in [5, 5.41) is 3.12. The number of nitrogens with one attached hydrogen (secondary N) is 1.